The smallest absolute Gasteiger partial charge is 0.126 e. The van der Waals surface area contributed by atoms with Crippen LogP contribution in [-0.2, 0) is 6.42 Å². The molecule has 0 radical (unpaired) electrons. The van der Waals surface area contributed by atoms with Gasteiger partial charge in [0.25, 0.3) is 0 Å². The zero-order valence-corrected chi connectivity index (χ0v) is 13.8. The lowest BCUT2D eigenvalue weighted by Gasteiger charge is -2.51. The van der Waals surface area contributed by atoms with Crippen LogP contribution in [0.4, 0.5) is 4.39 Å². The fourth-order valence-corrected chi connectivity index (χ4v) is 3.77. The van der Waals surface area contributed by atoms with Crippen molar-refractivity contribution in [3.8, 4) is 0 Å². The number of hydrogen-bond acceptors (Lipinski definition) is 2. The van der Waals surface area contributed by atoms with Crippen LogP contribution in [-0.4, -0.2) is 29.6 Å². The van der Waals surface area contributed by atoms with E-state index >= 15 is 0 Å². The van der Waals surface area contributed by atoms with Crippen molar-refractivity contribution in [1.29, 1.82) is 0 Å². The molecule has 1 aromatic rings. The number of halogens is 1. The lowest BCUT2D eigenvalue weighted by molar-refractivity contribution is -0.00723. The molecule has 4 unspecified atom stereocenters. The lowest BCUT2D eigenvalue weighted by Crippen LogP contribution is -2.61. The van der Waals surface area contributed by atoms with Gasteiger partial charge >= 0.3 is 0 Å². The third kappa shape index (κ3) is 3.46. The number of nitrogens with two attached hydrogens (primary N) is 1. The Hall–Kier alpha value is -0.930. The van der Waals surface area contributed by atoms with Gasteiger partial charge in [0.05, 0.1) is 0 Å². The fraction of sp³-hybridized carbons (Fsp3) is 0.667. The quantitative estimate of drug-likeness (QED) is 0.921. The Bertz CT molecular complexity index is 476. The Morgan fingerprint density at radius 1 is 1.29 bits per heavy atom. The maximum absolute atomic E-state index is 14.0. The summed E-state index contributed by atoms with van der Waals surface area (Å²) in [6.07, 6.45) is 1.93. The molecule has 2 rings (SSSR count). The molecule has 0 saturated carbocycles. The summed E-state index contributed by atoms with van der Waals surface area (Å²) in [5, 5.41) is 0. The molecule has 2 N–H and O–H groups in total. The zero-order chi connectivity index (χ0) is 15.6. The molecule has 118 valence electrons. The molecule has 0 amide bonds. The molecule has 21 heavy (non-hydrogen) atoms. The van der Waals surface area contributed by atoms with Crippen molar-refractivity contribution >= 4 is 0 Å². The number of piperidine rings is 1. The van der Waals surface area contributed by atoms with Crippen molar-refractivity contribution in [2.24, 2.45) is 17.6 Å². The average Bonchev–Trinajstić information content (AvgIpc) is 2.45. The predicted molar refractivity (Wildman–Crippen MR) is 86.7 cm³/mol. The van der Waals surface area contributed by atoms with Crippen LogP contribution >= 0.6 is 0 Å². The van der Waals surface area contributed by atoms with Gasteiger partial charge in [0.15, 0.2) is 0 Å². The van der Waals surface area contributed by atoms with Crippen LogP contribution in [0.5, 0.6) is 0 Å². The molecule has 3 heteroatoms. The highest BCUT2D eigenvalue weighted by Gasteiger charge is 2.40. The minimum Gasteiger partial charge on any atom is -0.329 e. The third-order valence-electron chi connectivity index (χ3n) is 5.26. The van der Waals surface area contributed by atoms with Crippen molar-refractivity contribution in [3.63, 3.8) is 0 Å². The number of rotatable bonds is 4. The van der Waals surface area contributed by atoms with E-state index in [0.29, 0.717) is 30.8 Å². The van der Waals surface area contributed by atoms with Crippen LogP contribution in [0.25, 0.3) is 0 Å². The Labute approximate surface area is 128 Å². The molecule has 1 heterocycles. The van der Waals surface area contributed by atoms with Crippen LogP contribution < -0.4 is 5.73 Å². The van der Waals surface area contributed by atoms with E-state index in [9.17, 15) is 4.39 Å². The van der Waals surface area contributed by atoms with Crippen molar-refractivity contribution in [2.45, 2.75) is 52.1 Å². The van der Waals surface area contributed by atoms with Gasteiger partial charge in [-0.2, -0.15) is 0 Å². The van der Waals surface area contributed by atoms with Gasteiger partial charge in [-0.05, 0) is 50.2 Å². The lowest BCUT2D eigenvalue weighted by atomic mass is 9.80. The van der Waals surface area contributed by atoms with Gasteiger partial charge in [0.1, 0.15) is 5.82 Å². The van der Waals surface area contributed by atoms with Crippen LogP contribution in [0, 0.1) is 17.7 Å². The van der Waals surface area contributed by atoms with Gasteiger partial charge in [-0.25, -0.2) is 4.39 Å². The van der Waals surface area contributed by atoms with Gasteiger partial charge in [0.2, 0.25) is 0 Å². The average molecular weight is 292 g/mol. The molecule has 0 aliphatic carbocycles. The minimum atomic E-state index is -0.190. The molecule has 1 aliphatic heterocycles. The number of benzene rings is 1. The Morgan fingerprint density at radius 2 is 1.95 bits per heavy atom. The summed E-state index contributed by atoms with van der Waals surface area (Å²) in [6.45, 7) is 10.7. The van der Waals surface area contributed by atoms with Crippen LogP contribution in [0.15, 0.2) is 24.3 Å². The van der Waals surface area contributed by atoms with Crippen LogP contribution in [0.2, 0.25) is 0 Å². The summed E-state index contributed by atoms with van der Waals surface area (Å²) >= 11 is 0. The molecule has 0 bridgehead atoms. The van der Waals surface area contributed by atoms with Gasteiger partial charge in [0, 0.05) is 24.7 Å². The first-order valence-electron chi connectivity index (χ1n) is 8.07. The number of nitrogens with zero attached hydrogens (tertiary/aromatic N) is 1. The summed E-state index contributed by atoms with van der Waals surface area (Å²) in [4.78, 5) is 2.51. The van der Waals surface area contributed by atoms with E-state index in [-0.39, 0.29) is 11.4 Å². The molecule has 1 aromatic carbocycles. The standard InChI is InChI=1S/C18H29FN2/c1-13-9-14(2)15(3)21(11-13)18(4,12-20)10-16-7-5-6-8-17(16)19/h5-8,13-15H,9-12,20H2,1-4H3. The van der Waals surface area contributed by atoms with Crippen LogP contribution in [0.1, 0.15) is 39.7 Å². The van der Waals surface area contributed by atoms with Crippen molar-refractivity contribution in [3.05, 3.63) is 35.6 Å². The number of likely N-dealkylation sites (tertiary alicyclic amines) is 1. The second-order valence-electron chi connectivity index (χ2n) is 7.18. The van der Waals surface area contributed by atoms with E-state index < -0.39 is 0 Å². The molecule has 2 nitrogen and oxygen atoms in total. The second kappa shape index (κ2) is 6.45. The van der Waals surface area contributed by atoms with E-state index in [1.165, 1.54) is 12.5 Å². The van der Waals surface area contributed by atoms with E-state index in [1.54, 1.807) is 6.07 Å². The largest absolute Gasteiger partial charge is 0.329 e. The zero-order valence-electron chi connectivity index (χ0n) is 13.8. The summed E-state index contributed by atoms with van der Waals surface area (Å²) in [7, 11) is 0. The van der Waals surface area contributed by atoms with Crippen LogP contribution in [0.3, 0.4) is 0 Å². The van der Waals surface area contributed by atoms with E-state index in [4.69, 9.17) is 5.73 Å². The third-order valence-corrected chi connectivity index (χ3v) is 5.26. The Kier molecular flexibility index (Phi) is 5.05. The van der Waals surface area contributed by atoms with E-state index in [2.05, 4.69) is 32.6 Å². The fourth-order valence-electron chi connectivity index (χ4n) is 3.77. The summed E-state index contributed by atoms with van der Waals surface area (Å²) < 4.78 is 14.0. The predicted octanol–water partition coefficient (Wildman–Crippen LogP) is 3.45. The number of hydrogen-bond donors (Lipinski definition) is 1. The molecule has 4 atom stereocenters. The Balaban J connectivity index is 2.25. The van der Waals surface area contributed by atoms with Crippen molar-refractivity contribution < 1.29 is 4.39 Å². The summed E-state index contributed by atoms with van der Waals surface area (Å²) in [5.41, 5.74) is 6.70. The SMILES string of the molecule is CC1CC(C)C(C)N(C(C)(CN)Cc2ccccc2F)C1. The normalized spacial score (nSPS) is 30.1. The van der Waals surface area contributed by atoms with Crippen molar-refractivity contribution in [1.82, 2.24) is 4.90 Å². The van der Waals surface area contributed by atoms with Crippen molar-refractivity contribution in [2.75, 3.05) is 13.1 Å². The first kappa shape index (κ1) is 16.4. The highest BCUT2D eigenvalue weighted by molar-refractivity contribution is 5.20. The highest BCUT2D eigenvalue weighted by Crippen LogP contribution is 2.34. The van der Waals surface area contributed by atoms with Gasteiger partial charge in [-0.1, -0.05) is 32.0 Å². The first-order valence-corrected chi connectivity index (χ1v) is 8.07. The van der Waals surface area contributed by atoms with E-state index in [0.717, 1.165) is 12.1 Å². The molecule has 1 aliphatic rings. The summed E-state index contributed by atoms with van der Waals surface area (Å²) in [6, 6.07) is 7.55. The Morgan fingerprint density at radius 3 is 2.57 bits per heavy atom. The maximum Gasteiger partial charge on any atom is 0.126 e. The highest BCUT2D eigenvalue weighted by atomic mass is 19.1. The second-order valence-corrected chi connectivity index (χ2v) is 7.18. The van der Waals surface area contributed by atoms with Gasteiger partial charge in [-0.3, -0.25) is 4.90 Å². The molecule has 0 aromatic heterocycles. The monoisotopic (exact) mass is 292 g/mol. The summed E-state index contributed by atoms with van der Waals surface area (Å²) in [5.74, 6) is 1.20. The van der Waals surface area contributed by atoms with Gasteiger partial charge in [-0.15, -0.1) is 0 Å². The van der Waals surface area contributed by atoms with Gasteiger partial charge < -0.3 is 5.73 Å². The maximum atomic E-state index is 14.0. The molecule has 0 spiro atoms. The minimum absolute atomic E-state index is 0.122. The van der Waals surface area contributed by atoms with E-state index in [1.807, 2.05) is 12.1 Å². The molecule has 1 saturated heterocycles. The first-order chi connectivity index (χ1) is 9.87. The molecular formula is C18H29FN2. The topological polar surface area (TPSA) is 29.3 Å². The molecular weight excluding hydrogens is 263 g/mol. The molecule has 1 fully saturated rings.